The SMILES string of the molecule is CC1C=C[N+]([C@@H](C)C(=O)Nc2ccc(CC3CC[C@H]([C@H](O)c4ccccc4)C3)cc2)=N1. The van der Waals surface area contributed by atoms with Crippen LogP contribution in [0.25, 0.3) is 0 Å². The minimum atomic E-state index is -0.369. The molecule has 1 fully saturated rings. The van der Waals surface area contributed by atoms with E-state index in [9.17, 15) is 9.90 Å². The molecule has 1 heterocycles. The zero-order chi connectivity index (χ0) is 21.8. The third-order valence-electron chi connectivity index (χ3n) is 6.52. The van der Waals surface area contributed by atoms with Gasteiger partial charge in [-0.1, -0.05) is 47.2 Å². The van der Waals surface area contributed by atoms with Crippen LogP contribution in [-0.4, -0.2) is 27.8 Å². The number of carbonyl (C=O) groups excluding carboxylic acids is 1. The fourth-order valence-electron chi connectivity index (χ4n) is 4.66. The van der Waals surface area contributed by atoms with Crippen molar-refractivity contribution in [3.8, 4) is 0 Å². The van der Waals surface area contributed by atoms with Gasteiger partial charge in [-0.2, -0.15) is 0 Å². The van der Waals surface area contributed by atoms with Crippen molar-refractivity contribution >= 4 is 11.6 Å². The molecule has 2 aromatic carbocycles. The van der Waals surface area contributed by atoms with Crippen LogP contribution in [0.4, 0.5) is 5.69 Å². The second-order valence-corrected chi connectivity index (χ2v) is 8.94. The van der Waals surface area contributed by atoms with Crippen molar-refractivity contribution < 1.29 is 14.6 Å². The van der Waals surface area contributed by atoms with Crippen LogP contribution in [0, 0.1) is 11.8 Å². The number of benzene rings is 2. The third-order valence-corrected chi connectivity index (χ3v) is 6.52. The Morgan fingerprint density at radius 3 is 2.58 bits per heavy atom. The summed E-state index contributed by atoms with van der Waals surface area (Å²) in [7, 11) is 0. The average molecular weight is 419 g/mol. The molecular formula is C26H32N3O2+. The lowest BCUT2D eigenvalue weighted by Gasteiger charge is -2.19. The van der Waals surface area contributed by atoms with E-state index in [1.165, 1.54) is 5.56 Å². The Morgan fingerprint density at radius 1 is 1.16 bits per heavy atom. The van der Waals surface area contributed by atoms with Crippen molar-refractivity contribution in [1.82, 2.24) is 0 Å². The molecule has 1 aliphatic heterocycles. The first kappa shape index (κ1) is 21.4. The summed E-state index contributed by atoms with van der Waals surface area (Å²) in [5.41, 5.74) is 3.10. The molecule has 5 nitrogen and oxygen atoms in total. The summed E-state index contributed by atoms with van der Waals surface area (Å²) in [6.07, 6.45) is 7.75. The Kier molecular flexibility index (Phi) is 6.62. The van der Waals surface area contributed by atoms with E-state index in [1.807, 2.05) is 68.6 Å². The van der Waals surface area contributed by atoms with Crippen molar-refractivity contribution in [1.29, 1.82) is 0 Å². The summed E-state index contributed by atoms with van der Waals surface area (Å²) in [5, 5.41) is 18.1. The highest BCUT2D eigenvalue weighted by molar-refractivity contribution is 5.93. The van der Waals surface area contributed by atoms with Gasteiger partial charge in [-0.3, -0.25) is 4.79 Å². The number of aliphatic hydroxyl groups is 1. The van der Waals surface area contributed by atoms with Gasteiger partial charge in [0.2, 0.25) is 0 Å². The summed E-state index contributed by atoms with van der Waals surface area (Å²) in [6, 6.07) is 17.9. The second kappa shape index (κ2) is 9.56. The predicted octanol–water partition coefficient (Wildman–Crippen LogP) is 5.09. The molecule has 31 heavy (non-hydrogen) atoms. The van der Waals surface area contributed by atoms with Crippen molar-refractivity contribution in [2.45, 2.75) is 57.7 Å². The lowest BCUT2D eigenvalue weighted by molar-refractivity contribution is -0.545. The number of nitrogens with one attached hydrogen (secondary N) is 1. The van der Waals surface area contributed by atoms with E-state index < -0.39 is 0 Å². The number of azo groups is 2. The van der Waals surface area contributed by atoms with Gasteiger partial charge >= 0.3 is 0 Å². The van der Waals surface area contributed by atoms with E-state index in [0.29, 0.717) is 11.8 Å². The molecule has 0 aromatic heterocycles. The smallest absolute Gasteiger partial charge is 0.295 e. The van der Waals surface area contributed by atoms with Crippen LogP contribution in [-0.2, 0) is 11.2 Å². The average Bonchev–Trinajstić information content (AvgIpc) is 3.44. The molecule has 162 valence electrons. The quantitative estimate of drug-likeness (QED) is 0.616. The second-order valence-electron chi connectivity index (χ2n) is 8.94. The fourth-order valence-corrected chi connectivity index (χ4v) is 4.66. The fraction of sp³-hybridized carbons (Fsp3) is 0.423. The molecule has 2 aromatic rings. The van der Waals surface area contributed by atoms with E-state index >= 15 is 0 Å². The molecule has 5 atom stereocenters. The number of aliphatic hydroxyl groups excluding tert-OH is 1. The molecular weight excluding hydrogens is 386 g/mol. The van der Waals surface area contributed by atoms with Gasteiger partial charge in [-0.25, -0.2) is 0 Å². The molecule has 0 bridgehead atoms. The molecule has 1 aliphatic carbocycles. The number of carbonyl (C=O) groups is 1. The lowest BCUT2D eigenvalue weighted by atomic mass is 9.91. The third kappa shape index (κ3) is 5.28. The Morgan fingerprint density at radius 2 is 1.90 bits per heavy atom. The summed E-state index contributed by atoms with van der Waals surface area (Å²) in [5.74, 6) is 0.860. The maximum atomic E-state index is 12.5. The first-order chi connectivity index (χ1) is 15.0. The summed E-state index contributed by atoms with van der Waals surface area (Å²) < 4.78 is 1.72. The van der Waals surface area contributed by atoms with Gasteiger partial charge in [0.05, 0.1) is 6.10 Å². The predicted molar refractivity (Wildman–Crippen MR) is 122 cm³/mol. The number of amides is 1. The Balaban J connectivity index is 1.28. The van der Waals surface area contributed by atoms with Crippen LogP contribution in [0.3, 0.4) is 0 Å². The van der Waals surface area contributed by atoms with Crippen molar-refractivity contribution in [3.05, 3.63) is 78.0 Å². The van der Waals surface area contributed by atoms with E-state index in [4.69, 9.17) is 0 Å². The highest BCUT2D eigenvalue weighted by Crippen LogP contribution is 2.40. The highest BCUT2D eigenvalue weighted by Gasteiger charge is 2.31. The first-order valence-corrected chi connectivity index (χ1v) is 11.3. The molecule has 2 unspecified atom stereocenters. The maximum Gasteiger partial charge on any atom is 0.295 e. The van der Waals surface area contributed by atoms with Gasteiger partial charge in [0.15, 0.2) is 6.20 Å². The standard InChI is InChI=1S/C26H31N3O2/c1-18-14-15-29(28-18)19(2)26(31)27-24-12-9-20(10-13-24)16-21-8-11-23(17-21)25(30)22-6-4-3-5-7-22/h3-7,9-10,12-15,18-19,21,23,25,30H,8,11,16-17H2,1-2H3/p+1/t18?,19-,21?,23-,25+/m0/s1. The molecule has 1 saturated carbocycles. The van der Waals surface area contributed by atoms with Crippen LogP contribution >= 0.6 is 0 Å². The number of nitrogens with zero attached hydrogens (tertiary/aromatic N) is 2. The normalized spacial score (nSPS) is 24.6. The highest BCUT2D eigenvalue weighted by atomic mass is 16.3. The van der Waals surface area contributed by atoms with E-state index in [1.54, 1.807) is 4.70 Å². The summed E-state index contributed by atoms with van der Waals surface area (Å²) >= 11 is 0. The zero-order valence-corrected chi connectivity index (χ0v) is 18.3. The molecule has 0 saturated heterocycles. The van der Waals surface area contributed by atoms with Gasteiger partial charge < -0.3 is 10.4 Å². The number of anilines is 1. The van der Waals surface area contributed by atoms with Gasteiger partial charge in [-0.15, -0.1) is 0 Å². The van der Waals surface area contributed by atoms with Gasteiger partial charge in [0.25, 0.3) is 11.9 Å². The molecule has 2 N–H and O–H groups in total. The van der Waals surface area contributed by atoms with E-state index in [0.717, 1.165) is 36.9 Å². The van der Waals surface area contributed by atoms with Crippen LogP contribution in [0.5, 0.6) is 0 Å². The topological polar surface area (TPSA) is 64.7 Å². The number of rotatable bonds is 7. The van der Waals surface area contributed by atoms with Crippen LogP contribution in [0.2, 0.25) is 0 Å². The minimum absolute atomic E-state index is 0.0659. The Labute approximate surface area is 184 Å². The largest absolute Gasteiger partial charge is 0.388 e. The zero-order valence-electron chi connectivity index (χ0n) is 18.3. The molecule has 0 radical (unpaired) electrons. The molecule has 5 heteroatoms. The molecule has 4 rings (SSSR count). The van der Waals surface area contributed by atoms with Crippen molar-refractivity contribution in [2.24, 2.45) is 17.0 Å². The molecule has 0 spiro atoms. The van der Waals surface area contributed by atoms with E-state index in [2.05, 4.69) is 22.6 Å². The molecule has 1 amide bonds. The van der Waals surface area contributed by atoms with Crippen LogP contribution in [0.15, 0.2) is 72.0 Å². The number of hydrogen-bond donors (Lipinski definition) is 2. The van der Waals surface area contributed by atoms with Crippen molar-refractivity contribution in [2.75, 3.05) is 5.32 Å². The summed E-state index contributed by atoms with van der Waals surface area (Å²) in [4.78, 5) is 12.5. The Hall–Kier alpha value is -2.79. The maximum absolute atomic E-state index is 12.5. The van der Waals surface area contributed by atoms with Gasteiger partial charge in [0, 0.05) is 18.7 Å². The van der Waals surface area contributed by atoms with Crippen molar-refractivity contribution in [3.63, 3.8) is 0 Å². The van der Waals surface area contributed by atoms with Crippen LogP contribution in [0.1, 0.15) is 50.3 Å². The van der Waals surface area contributed by atoms with E-state index in [-0.39, 0.29) is 24.1 Å². The Bertz CT molecular complexity index is 952. The minimum Gasteiger partial charge on any atom is -0.388 e. The van der Waals surface area contributed by atoms with Crippen LogP contribution < -0.4 is 5.32 Å². The first-order valence-electron chi connectivity index (χ1n) is 11.3. The lowest BCUT2D eigenvalue weighted by Crippen LogP contribution is -2.32. The van der Waals surface area contributed by atoms with Gasteiger partial charge in [0.1, 0.15) is 6.04 Å². The molecule has 2 aliphatic rings. The number of hydrogen-bond acceptors (Lipinski definition) is 3. The van der Waals surface area contributed by atoms with Gasteiger partial charge in [-0.05, 0) is 72.8 Å². The summed E-state index contributed by atoms with van der Waals surface area (Å²) in [6.45, 7) is 3.85. The monoisotopic (exact) mass is 418 g/mol.